The molecule has 0 aromatic heterocycles. The fourth-order valence-corrected chi connectivity index (χ4v) is 2.35. The van der Waals surface area contributed by atoms with E-state index in [1.807, 2.05) is 37.8 Å². The second kappa shape index (κ2) is 5.99. The normalized spacial score (nSPS) is 15.2. The molecule has 1 saturated heterocycles. The van der Waals surface area contributed by atoms with E-state index in [0.717, 1.165) is 48.7 Å². The monoisotopic (exact) mass is 273 g/mol. The van der Waals surface area contributed by atoms with E-state index in [4.69, 9.17) is 5.73 Å². The number of carbonyl (C=O) groups is 1. The lowest BCUT2D eigenvalue weighted by Gasteiger charge is -2.36. The number of nitrogens with two attached hydrogens (primary N) is 1. The average molecular weight is 273 g/mol. The summed E-state index contributed by atoms with van der Waals surface area (Å²) in [5.41, 5.74) is 10.1. The Labute approximate surface area is 120 Å². The second-order valence-corrected chi connectivity index (χ2v) is 5.57. The number of carbonyl (C=O) groups excluding carboxylic acids is 1. The maximum atomic E-state index is 12.0. The van der Waals surface area contributed by atoms with Gasteiger partial charge in [0.1, 0.15) is 0 Å². The molecule has 0 unspecified atom stereocenters. The summed E-state index contributed by atoms with van der Waals surface area (Å²) in [5.74, 6) is 0.119. The molecule has 4 nitrogen and oxygen atoms in total. The Bertz CT molecular complexity index is 525. The molecule has 0 atom stereocenters. The van der Waals surface area contributed by atoms with Crippen molar-refractivity contribution in [2.45, 2.75) is 20.8 Å². The van der Waals surface area contributed by atoms with Gasteiger partial charge in [-0.25, -0.2) is 0 Å². The Morgan fingerprint density at radius 1 is 1.20 bits per heavy atom. The highest BCUT2D eigenvalue weighted by Crippen LogP contribution is 2.22. The van der Waals surface area contributed by atoms with Gasteiger partial charge in [0.05, 0.1) is 0 Å². The number of amides is 1. The van der Waals surface area contributed by atoms with Gasteiger partial charge in [0.25, 0.3) is 0 Å². The van der Waals surface area contributed by atoms with Crippen LogP contribution in [0.3, 0.4) is 0 Å². The smallest absolute Gasteiger partial charge is 0.246 e. The summed E-state index contributed by atoms with van der Waals surface area (Å²) in [6, 6.07) is 6.16. The van der Waals surface area contributed by atoms with Gasteiger partial charge in [-0.1, -0.05) is 11.6 Å². The van der Waals surface area contributed by atoms with Gasteiger partial charge in [-0.05, 0) is 38.5 Å². The number of allylic oxidation sites excluding steroid dienone is 1. The maximum Gasteiger partial charge on any atom is 0.246 e. The predicted molar refractivity (Wildman–Crippen MR) is 83.8 cm³/mol. The van der Waals surface area contributed by atoms with Crippen molar-refractivity contribution in [3.05, 3.63) is 35.4 Å². The van der Waals surface area contributed by atoms with Gasteiger partial charge in [-0.3, -0.25) is 4.79 Å². The summed E-state index contributed by atoms with van der Waals surface area (Å²) in [4.78, 5) is 16.1. The molecule has 1 aromatic carbocycles. The van der Waals surface area contributed by atoms with E-state index >= 15 is 0 Å². The van der Waals surface area contributed by atoms with E-state index in [0.29, 0.717) is 0 Å². The fourth-order valence-electron chi connectivity index (χ4n) is 2.35. The summed E-state index contributed by atoms with van der Waals surface area (Å²) in [6.07, 6.45) is 1.71. The largest absolute Gasteiger partial charge is 0.398 e. The molecule has 4 heteroatoms. The highest BCUT2D eigenvalue weighted by molar-refractivity contribution is 5.88. The number of nitrogen functional groups attached to an aromatic ring is 1. The lowest BCUT2D eigenvalue weighted by atomic mass is 10.1. The number of nitrogens with zero attached hydrogens (tertiary/aromatic N) is 2. The zero-order valence-electron chi connectivity index (χ0n) is 12.5. The summed E-state index contributed by atoms with van der Waals surface area (Å²) < 4.78 is 0. The number of rotatable bonds is 2. The number of anilines is 2. The van der Waals surface area contributed by atoms with Crippen LogP contribution < -0.4 is 10.6 Å². The number of aryl methyl sites for hydroxylation is 1. The van der Waals surface area contributed by atoms with Crippen LogP contribution in [0.5, 0.6) is 0 Å². The number of piperazine rings is 1. The minimum absolute atomic E-state index is 0.119. The van der Waals surface area contributed by atoms with Crippen molar-refractivity contribution in [1.29, 1.82) is 0 Å². The van der Waals surface area contributed by atoms with Crippen molar-refractivity contribution < 1.29 is 4.79 Å². The summed E-state index contributed by atoms with van der Waals surface area (Å²) in [7, 11) is 0. The molecule has 0 bridgehead atoms. The van der Waals surface area contributed by atoms with Crippen LogP contribution in [-0.2, 0) is 4.79 Å². The molecule has 1 amide bonds. The van der Waals surface area contributed by atoms with Crippen LogP contribution in [0.25, 0.3) is 0 Å². The molecular weight excluding hydrogens is 250 g/mol. The zero-order valence-corrected chi connectivity index (χ0v) is 12.5. The van der Waals surface area contributed by atoms with Crippen molar-refractivity contribution in [2.24, 2.45) is 0 Å². The Morgan fingerprint density at radius 3 is 2.40 bits per heavy atom. The quantitative estimate of drug-likeness (QED) is 0.664. The van der Waals surface area contributed by atoms with Crippen molar-refractivity contribution in [3.8, 4) is 0 Å². The van der Waals surface area contributed by atoms with E-state index in [1.165, 1.54) is 0 Å². The standard InChI is InChI=1S/C16H23N3O/c1-12(2)10-16(20)19-8-6-18(7-9-19)14-5-4-13(3)15(17)11-14/h4-5,10-11H,6-9,17H2,1-3H3. The number of hydrogen-bond donors (Lipinski definition) is 1. The Kier molecular flexibility index (Phi) is 4.32. The predicted octanol–water partition coefficient (Wildman–Crippen LogP) is 2.19. The van der Waals surface area contributed by atoms with Crippen LogP contribution in [0.2, 0.25) is 0 Å². The molecule has 20 heavy (non-hydrogen) atoms. The topological polar surface area (TPSA) is 49.6 Å². The van der Waals surface area contributed by atoms with E-state index in [2.05, 4.69) is 11.0 Å². The van der Waals surface area contributed by atoms with Gasteiger partial charge in [-0.2, -0.15) is 0 Å². The van der Waals surface area contributed by atoms with E-state index in [1.54, 1.807) is 6.08 Å². The Hall–Kier alpha value is -1.97. The number of benzene rings is 1. The first-order valence-corrected chi connectivity index (χ1v) is 7.02. The average Bonchev–Trinajstić information content (AvgIpc) is 2.41. The molecule has 0 aliphatic carbocycles. The van der Waals surface area contributed by atoms with Crippen LogP contribution in [0.4, 0.5) is 11.4 Å². The molecule has 0 spiro atoms. The van der Waals surface area contributed by atoms with Crippen LogP contribution >= 0.6 is 0 Å². The van der Waals surface area contributed by atoms with Crippen LogP contribution in [-0.4, -0.2) is 37.0 Å². The van der Waals surface area contributed by atoms with Gasteiger partial charge in [-0.15, -0.1) is 0 Å². The van der Waals surface area contributed by atoms with Gasteiger partial charge in [0.2, 0.25) is 5.91 Å². The molecule has 2 N–H and O–H groups in total. The second-order valence-electron chi connectivity index (χ2n) is 5.57. The zero-order chi connectivity index (χ0) is 14.7. The molecule has 1 aliphatic heterocycles. The summed E-state index contributed by atoms with van der Waals surface area (Å²) in [6.45, 7) is 9.13. The van der Waals surface area contributed by atoms with Crippen molar-refractivity contribution in [1.82, 2.24) is 4.90 Å². The molecule has 0 radical (unpaired) electrons. The van der Waals surface area contributed by atoms with Crippen molar-refractivity contribution in [2.75, 3.05) is 36.8 Å². The summed E-state index contributed by atoms with van der Waals surface area (Å²) >= 11 is 0. The van der Waals surface area contributed by atoms with Gasteiger partial charge in [0.15, 0.2) is 0 Å². The highest BCUT2D eigenvalue weighted by Gasteiger charge is 2.20. The SMILES string of the molecule is CC(C)=CC(=O)N1CCN(c2ccc(C)c(N)c2)CC1. The third-order valence-corrected chi connectivity index (χ3v) is 3.63. The van der Waals surface area contributed by atoms with Crippen LogP contribution in [0.1, 0.15) is 19.4 Å². The molecule has 1 fully saturated rings. The minimum Gasteiger partial charge on any atom is -0.398 e. The van der Waals surface area contributed by atoms with E-state index < -0.39 is 0 Å². The molecule has 108 valence electrons. The minimum atomic E-state index is 0.119. The first-order valence-electron chi connectivity index (χ1n) is 7.02. The highest BCUT2D eigenvalue weighted by atomic mass is 16.2. The molecular formula is C16H23N3O. The Morgan fingerprint density at radius 2 is 1.85 bits per heavy atom. The lowest BCUT2D eigenvalue weighted by Crippen LogP contribution is -2.48. The van der Waals surface area contributed by atoms with E-state index in [9.17, 15) is 4.79 Å². The molecule has 1 aliphatic rings. The first kappa shape index (κ1) is 14.4. The van der Waals surface area contributed by atoms with Gasteiger partial charge < -0.3 is 15.5 Å². The number of hydrogen-bond acceptors (Lipinski definition) is 3. The van der Waals surface area contributed by atoms with Crippen molar-refractivity contribution >= 4 is 17.3 Å². The van der Waals surface area contributed by atoms with Crippen LogP contribution in [0.15, 0.2) is 29.8 Å². The fraction of sp³-hybridized carbons (Fsp3) is 0.438. The molecule has 0 saturated carbocycles. The Balaban J connectivity index is 1.99. The molecule has 2 rings (SSSR count). The maximum absolute atomic E-state index is 12.0. The summed E-state index contributed by atoms with van der Waals surface area (Å²) in [5, 5.41) is 0. The third kappa shape index (κ3) is 3.32. The van der Waals surface area contributed by atoms with Crippen LogP contribution in [0, 0.1) is 6.92 Å². The molecule has 1 aromatic rings. The van der Waals surface area contributed by atoms with E-state index in [-0.39, 0.29) is 5.91 Å². The lowest BCUT2D eigenvalue weighted by molar-refractivity contribution is -0.126. The van der Waals surface area contributed by atoms with Crippen molar-refractivity contribution in [3.63, 3.8) is 0 Å². The molecule has 1 heterocycles. The first-order chi connectivity index (χ1) is 9.47. The van der Waals surface area contributed by atoms with Gasteiger partial charge >= 0.3 is 0 Å². The third-order valence-electron chi connectivity index (χ3n) is 3.63. The van der Waals surface area contributed by atoms with Gasteiger partial charge in [0, 0.05) is 43.6 Å².